The van der Waals surface area contributed by atoms with Gasteiger partial charge in [-0.2, -0.15) is 0 Å². The van der Waals surface area contributed by atoms with Gasteiger partial charge in [-0.05, 0) is 18.2 Å². The maximum absolute atomic E-state index is 11.9. The van der Waals surface area contributed by atoms with Crippen molar-refractivity contribution in [2.24, 2.45) is 0 Å². The molecule has 0 fully saturated rings. The van der Waals surface area contributed by atoms with E-state index in [4.69, 9.17) is 11.6 Å². The van der Waals surface area contributed by atoms with Crippen LogP contribution in [-0.4, -0.2) is 35.6 Å². The van der Waals surface area contributed by atoms with E-state index in [-0.39, 0.29) is 9.92 Å². The van der Waals surface area contributed by atoms with Crippen LogP contribution in [0.3, 0.4) is 0 Å². The average Bonchev–Trinajstić information content (AvgIpc) is 2.15. The second-order valence-corrected chi connectivity index (χ2v) is 6.99. The fourth-order valence-electron chi connectivity index (χ4n) is 1.21. The first-order valence-corrected chi connectivity index (χ1v) is 7.72. The van der Waals surface area contributed by atoms with Crippen molar-refractivity contribution in [3.8, 4) is 0 Å². The van der Waals surface area contributed by atoms with E-state index in [1.807, 2.05) is 14.1 Å². The van der Waals surface area contributed by atoms with Gasteiger partial charge in [-0.15, -0.1) is 0 Å². The van der Waals surface area contributed by atoms with E-state index in [1.54, 1.807) is 12.1 Å². The molecule has 1 aromatic rings. The number of benzene rings is 1. The van der Waals surface area contributed by atoms with Gasteiger partial charge in [-0.3, -0.25) is 0 Å². The smallest absolute Gasteiger partial charge is 0.242 e. The van der Waals surface area contributed by atoms with Crippen LogP contribution < -0.4 is 9.62 Å². The first-order chi connectivity index (χ1) is 7.83. The van der Waals surface area contributed by atoms with Crippen molar-refractivity contribution in [2.75, 3.05) is 27.2 Å². The van der Waals surface area contributed by atoms with Crippen LogP contribution in [0.2, 0.25) is 5.02 Å². The van der Waals surface area contributed by atoms with Gasteiger partial charge in [-0.1, -0.05) is 27.5 Å². The Labute approximate surface area is 115 Å². The summed E-state index contributed by atoms with van der Waals surface area (Å²) in [5, 5.41) is 0.212. The van der Waals surface area contributed by atoms with Crippen molar-refractivity contribution in [1.29, 1.82) is 0 Å². The number of likely N-dealkylation sites (N-methyl/N-ethyl adjacent to an activating group) is 1. The molecule has 0 aromatic heterocycles. The third-order valence-electron chi connectivity index (χ3n) is 2.10. The van der Waals surface area contributed by atoms with Gasteiger partial charge < -0.3 is 4.90 Å². The lowest BCUT2D eigenvalue weighted by Gasteiger charge is -2.10. The van der Waals surface area contributed by atoms with E-state index in [0.717, 1.165) is 4.47 Å². The molecule has 0 radical (unpaired) electrons. The molecule has 0 aliphatic carbocycles. The summed E-state index contributed by atoms with van der Waals surface area (Å²) in [6.45, 7) is 1.10. The minimum atomic E-state index is -3.52. The molecule has 1 rings (SSSR count). The first kappa shape index (κ1) is 14.9. The SMILES string of the molecule is C[NH+](C)CCNS(=O)(=O)c1ccc(Br)cc1Cl. The van der Waals surface area contributed by atoms with Gasteiger partial charge in [0.15, 0.2) is 0 Å². The predicted octanol–water partition coefficient (Wildman–Crippen LogP) is 0.525. The Hall–Kier alpha value is -0.140. The number of hydrogen-bond donors (Lipinski definition) is 2. The fraction of sp³-hybridized carbons (Fsp3) is 0.400. The van der Waals surface area contributed by atoms with Crippen LogP contribution in [0.1, 0.15) is 0 Å². The number of nitrogens with one attached hydrogen (secondary N) is 2. The van der Waals surface area contributed by atoms with Crippen LogP contribution in [0.15, 0.2) is 27.6 Å². The Morgan fingerprint density at radius 1 is 1.41 bits per heavy atom. The van der Waals surface area contributed by atoms with Gasteiger partial charge in [0.25, 0.3) is 0 Å². The molecule has 0 unspecified atom stereocenters. The van der Waals surface area contributed by atoms with E-state index in [1.165, 1.54) is 11.0 Å². The number of sulfonamides is 1. The van der Waals surface area contributed by atoms with Crippen LogP contribution in [0, 0.1) is 0 Å². The van der Waals surface area contributed by atoms with Crippen LogP contribution >= 0.6 is 27.5 Å². The van der Waals surface area contributed by atoms with E-state index in [2.05, 4.69) is 20.7 Å². The highest BCUT2D eigenvalue weighted by Gasteiger charge is 2.17. The molecule has 7 heteroatoms. The summed E-state index contributed by atoms with van der Waals surface area (Å²) in [7, 11) is 0.399. The Morgan fingerprint density at radius 3 is 2.59 bits per heavy atom. The first-order valence-electron chi connectivity index (χ1n) is 5.06. The molecule has 2 N–H and O–H groups in total. The minimum Gasteiger partial charge on any atom is -0.339 e. The third kappa shape index (κ3) is 4.56. The second-order valence-electron chi connectivity index (χ2n) is 3.93. The monoisotopic (exact) mass is 341 g/mol. The molecule has 0 saturated heterocycles. The molecule has 0 saturated carbocycles. The summed E-state index contributed by atoms with van der Waals surface area (Å²) in [6.07, 6.45) is 0. The van der Waals surface area contributed by atoms with Gasteiger partial charge in [0.05, 0.1) is 32.2 Å². The van der Waals surface area contributed by atoms with E-state index >= 15 is 0 Å². The molecular weight excluding hydrogens is 328 g/mol. The minimum absolute atomic E-state index is 0.108. The summed E-state index contributed by atoms with van der Waals surface area (Å²) in [5.74, 6) is 0. The standard InChI is InChI=1S/C10H14BrClN2O2S/c1-14(2)6-5-13-17(15,16)10-4-3-8(11)7-9(10)12/h3-4,7,13H,5-6H2,1-2H3/p+1. The molecule has 4 nitrogen and oxygen atoms in total. The quantitative estimate of drug-likeness (QED) is 0.820. The number of halogens is 2. The van der Waals surface area contributed by atoms with Crippen molar-refractivity contribution in [2.45, 2.75) is 4.90 Å². The van der Waals surface area contributed by atoms with Crippen molar-refractivity contribution in [3.63, 3.8) is 0 Å². The predicted molar refractivity (Wildman–Crippen MR) is 72.0 cm³/mol. The number of hydrogen-bond acceptors (Lipinski definition) is 2. The molecule has 1 aromatic carbocycles. The number of rotatable bonds is 5. The average molecular weight is 343 g/mol. The molecule has 0 heterocycles. The third-order valence-corrected chi connectivity index (χ3v) is 4.54. The number of quaternary nitrogens is 1. The summed E-state index contributed by atoms with van der Waals surface area (Å²) in [4.78, 5) is 1.28. The highest BCUT2D eigenvalue weighted by molar-refractivity contribution is 9.10. The topological polar surface area (TPSA) is 50.6 Å². The van der Waals surface area contributed by atoms with E-state index in [9.17, 15) is 8.42 Å². The Morgan fingerprint density at radius 2 is 2.06 bits per heavy atom. The van der Waals surface area contributed by atoms with Crippen LogP contribution in [0.25, 0.3) is 0 Å². The fourth-order valence-corrected chi connectivity index (χ4v) is 3.27. The van der Waals surface area contributed by atoms with Gasteiger partial charge in [0, 0.05) is 4.47 Å². The zero-order valence-corrected chi connectivity index (χ0v) is 12.8. The highest BCUT2D eigenvalue weighted by atomic mass is 79.9. The maximum atomic E-state index is 11.9. The Bertz CT molecular complexity index is 491. The van der Waals surface area contributed by atoms with Gasteiger partial charge in [0.2, 0.25) is 10.0 Å². The van der Waals surface area contributed by atoms with Crippen molar-refractivity contribution in [1.82, 2.24) is 4.72 Å². The van der Waals surface area contributed by atoms with Crippen LogP contribution in [-0.2, 0) is 10.0 Å². The molecule has 96 valence electrons. The molecule has 0 atom stereocenters. The Kier molecular flexibility index (Phi) is 5.40. The molecule has 0 aliphatic rings. The maximum Gasteiger partial charge on any atom is 0.242 e. The van der Waals surface area contributed by atoms with Crippen molar-refractivity contribution >= 4 is 37.6 Å². The van der Waals surface area contributed by atoms with Crippen molar-refractivity contribution in [3.05, 3.63) is 27.7 Å². The summed E-state index contributed by atoms with van der Waals surface area (Å²) in [5.41, 5.74) is 0. The lowest BCUT2D eigenvalue weighted by Crippen LogP contribution is -3.06. The Balaban J connectivity index is 2.83. The second kappa shape index (κ2) is 6.15. The highest BCUT2D eigenvalue weighted by Crippen LogP contribution is 2.24. The molecule has 0 spiro atoms. The van der Waals surface area contributed by atoms with E-state index < -0.39 is 10.0 Å². The lowest BCUT2D eigenvalue weighted by molar-refractivity contribution is -0.856. The summed E-state index contributed by atoms with van der Waals surface area (Å²) in [6, 6.07) is 4.70. The molecular formula is C10H15BrClN2O2S+. The summed E-state index contributed by atoms with van der Waals surface area (Å²) >= 11 is 9.13. The van der Waals surface area contributed by atoms with Gasteiger partial charge >= 0.3 is 0 Å². The largest absolute Gasteiger partial charge is 0.339 e. The zero-order chi connectivity index (χ0) is 13.1. The molecule has 0 amide bonds. The normalized spacial score (nSPS) is 12.1. The summed E-state index contributed by atoms with van der Waals surface area (Å²) < 4.78 is 27.1. The van der Waals surface area contributed by atoms with Gasteiger partial charge in [0.1, 0.15) is 4.90 Å². The zero-order valence-electron chi connectivity index (χ0n) is 9.63. The van der Waals surface area contributed by atoms with Crippen molar-refractivity contribution < 1.29 is 13.3 Å². The molecule has 0 bridgehead atoms. The lowest BCUT2D eigenvalue weighted by atomic mass is 10.4. The van der Waals surface area contributed by atoms with Crippen LogP contribution in [0.5, 0.6) is 0 Å². The molecule has 17 heavy (non-hydrogen) atoms. The molecule has 0 aliphatic heterocycles. The van der Waals surface area contributed by atoms with Gasteiger partial charge in [-0.25, -0.2) is 13.1 Å². The van der Waals surface area contributed by atoms with Crippen LogP contribution in [0.4, 0.5) is 0 Å². The van der Waals surface area contributed by atoms with E-state index in [0.29, 0.717) is 13.1 Å².